The smallest absolute Gasteiger partial charge is 0.355 e. The van der Waals surface area contributed by atoms with E-state index in [0.29, 0.717) is 16.1 Å². The van der Waals surface area contributed by atoms with Crippen molar-refractivity contribution < 1.29 is 14.6 Å². The lowest BCUT2D eigenvalue weighted by molar-refractivity contribution is 0.0595. The first-order valence-electron chi connectivity index (χ1n) is 9.44. The number of esters is 1. The number of thiazole rings is 1. The van der Waals surface area contributed by atoms with Crippen LogP contribution in [0.2, 0.25) is 0 Å². The molecule has 31 heavy (non-hydrogen) atoms. The van der Waals surface area contributed by atoms with Crippen LogP contribution in [-0.2, 0) is 4.74 Å². The summed E-state index contributed by atoms with van der Waals surface area (Å²) in [7, 11) is 1.32. The Morgan fingerprint density at radius 2 is 2.06 bits per heavy atom. The number of amidine groups is 1. The van der Waals surface area contributed by atoms with E-state index < -0.39 is 5.97 Å². The van der Waals surface area contributed by atoms with Gasteiger partial charge in [0.1, 0.15) is 23.0 Å². The maximum absolute atomic E-state index is 12.2. The zero-order valence-electron chi connectivity index (χ0n) is 16.4. The van der Waals surface area contributed by atoms with Gasteiger partial charge in [0.15, 0.2) is 5.84 Å². The van der Waals surface area contributed by atoms with Gasteiger partial charge in [-0.3, -0.25) is 5.41 Å². The van der Waals surface area contributed by atoms with Gasteiger partial charge >= 0.3 is 5.97 Å². The molecule has 0 radical (unpaired) electrons. The molecule has 1 aliphatic rings. The number of benzene rings is 2. The molecule has 4 aromatic rings. The van der Waals surface area contributed by atoms with Crippen molar-refractivity contribution in [3.8, 4) is 0 Å². The van der Waals surface area contributed by atoms with Crippen molar-refractivity contribution in [1.82, 2.24) is 15.0 Å². The minimum atomic E-state index is -0.509. The molecule has 0 fully saturated rings. The molecule has 0 amide bonds. The second-order valence-corrected chi connectivity index (χ2v) is 7.94. The number of aliphatic hydroxyl groups excluding tert-OH is 1. The number of fused-ring (bicyclic) bond motifs is 2. The minimum Gasteiger partial charge on any atom is -0.509 e. The monoisotopic (exact) mass is 431 g/mol. The standard InChI is InChI=1S/C22H17N5O3S/c1-30-22(29)19-13(12-6-2-3-7-14(12)25-19)10-24-27-11-16(28)18(20(27)23)21-26-15-8-4-5-9-17(15)31-21/h2-10,23,25,28H,11H2,1H3/b23-20?,24-10+. The van der Waals surface area contributed by atoms with Crippen LogP contribution < -0.4 is 0 Å². The second-order valence-electron chi connectivity index (χ2n) is 6.91. The molecule has 8 nitrogen and oxygen atoms in total. The maximum atomic E-state index is 12.2. The van der Waals surface area contributed by atoms with Gasteiger partial charge < -0.3 is 14.8 Å². The Morgan fingerprint density at radius 1 is 1.29 bits per heavy atom. The average Bonchev–Trinajstić information content (AvgIpc) is 3.44. The molecule has 9 heteroatoms. The SMILES string of the molecule is COC(=O)c1[nH]c2ccccc2c1/C=N/N1CC(O)=C(c2nc3ccccc3s2)C1=N. The van der Waals surface area contributed by atoms with E-state index in [1.165, 1.54) is 29.7 Å². The molecular formula is C22H17N5O3S. The molecule has 0 unspecified atom stereocenters. The number of aliphatic hydroxyl groups is 1. The number of rotatable bonds is 4. The number of methoxy groups -OCH3 is 1. The maximum Gasteiger partial charge on any atom is 0.355 e. The molecule has 0 spiro atoms. The third-order valence-corrected chi connectivity index (χ3v) is 6.11. The fourth-order valence-corrected chi connectivity index (χ4v) is 4.59. The van der Waals surface area contributed by atoms with Crippen molar-refractivity contribution >= 4 is 56.0 Å². The van der Waals surface area contributed by atoms with Gasteiger partial charge in [0.2, 0.25) is 0 Å². The normalized spacial score (nSPS) is 14.5. The summed E-state index contributed by atoms with van der Waals surface area (Å²) in [5, 5.41) is 26.2. The quantitative estimate of drug-likeness (QED) is 0.332. The predicted molar refractivity (Wildman–Crippen MR) is 121 cm³/mol. The van der Waals surface area contributed by atoms with Crippen LogP contribution in [0, 0.1) is 5.41 Å². The van der Waals surface area contributed by atoms with Crippen LogP contribution in [0.5, 0.6) is 0 Å². The molecule has 2 aromatic heterocycles. The van der Waals surface area contributed by atoms with Crippen LogP contribution in [0.25, 0.3) is 26.7 Å². The fourth-order valence-electron chi connectivity index (χ4n) is 3.56. The largest absolute Gasteiger partial charge is 0.509 e. The summed E-state index contributed by atoms with van der Waals surface area (Å²) >= 11 is 1.42. The lowest BCUT2D eigenvalue weighted by Gasteiger charge is -2.11. The summed E-state index contributed by atoms with van der Waals surface area (Å²) < 4.78 is 5.86. The molecule has 3 N–H and O–H groups in total. The molecule has 0 atom stereocenters. The van der Waals surface area contributed by atoms with E-state index in [-0.39, 0.29) is 23.8 Å². The summed E-state index contributed by atoms with van der Waals surface area (Å²) in [6, 6.07) is 15.1. The summed E-state index contributed by atoms with van der Waals surface area (Å²) in [6.45, 7) is 0.0521. The zero-order chi connectivity index (χ0) is 21.5. The topological polar surface area (TPSA) is 115 Å². The highest BCUT2D eigenvalue weighted by atomic mass is 32.1. The van der Waals surface area contributed by atoms with E-state index in [4.69, 9.17) is 10.1 Å². The van der Waals surface area contributed by atoms with E-state index in [2.05, 4.69) is 15.1 Å². The first-order valence-corrected chi connectivity index (χ1v) is 10.3. The van der Waals surface area contributed by atoms with Crippen molar-refractivity contribution in [3.63, 3.8) is 0 Å². The van der Waals surface area contributed by atoms with E-state index >= 15 is 0 Å². The number of hydrogen-bond acceptors (Lipinski definition) is 7. The summed E-state index contributed by atoms with van der Waals surface area (Å²) in [5.41, 5.74) is 2.80. The Bertz CT molecular complexity index is 1380. The molecule has 3 heterocycles. The van der Waals surface area contributed by atoms with Crippen LogP contribution >= 0.6 is 11.3 Å². The van der Waals surface area contributed by atoms with Crippen LogP contribution in [0.1, 0.15) is 21.1 Å². The van der Waals surface area contributed by atoms with Gasteiger partial charge in [-0.15, -0.1) is 11.3 Å². The zero-order valence-corrected chi connectivity index (χ0v) is 17.2. The Kier molecular flexibility index (Phi) is 4.52. The van der Waals surface area contributed by atoms with Gasteiger partial charge in [-0.25, -0.2) is 14.8 Å². The summed E-state index contributed by atoms with van der Waals surface area (Å²) in [4.78, 5) is 19.8. The molecule has 0 aliphatic carbocycles. The van der Waals surface area contributed by atoms with Crippen LogP contribution in [0.15, 0.2) is 59.4 Å². The van der Waals surface area contributed by atoms with Crippen molar-refractivity contribution in [1.29, 1.82) is 5.41 Å². The number of para-hydroxylation sites is 2. The first kappa shape index (κ1) is 19.0. The molecule has 2 aromatic carbocycles. The third kappa shape index (κ3) is 3.15. The number of aromatic nitrogens is 2. The van der Waals surface area contributed by atoms with E-state index in [0.717, 1.165) is 21.1 Å². The van der Waals surface area contributed by atoms with E-state index in [1.54, 1.807) is 0 Å². The van der Waals surface area contributed by atoms with Crippen LogP contribution in [-0.4, -0.2) is 51.8 Å². The highest BCUT2D eigenvalue weighted by molar-refractivity contribution is 7.19. The minimum absolute atomic E-state index is 0.0355. The second kappa shape index (κ2) is 7.37. The average molecular weight is 431 g/mol. The van der Waals surface area contributed by atoms with Gasteiger partial charge in [0.05, 0.1) is 29.1 Å². The van der Waals surface area contributed by atoms with E-state index in [1.807, 2.05) is 48.5 Å². The molecule has 0 saturated heterocycles. The Morgan fingerprint density at radius 3 is 2.87 bits per heavy atom. The highest BCUT2D eigenvalue weighted by Crippen LogP contribution is 2.33. The van der Waals surface area contributed by atoms with Gasteiger partial charge in [-0.2, -0.15) is 5.10 Å². The molecular weight excluding hydrogens is 414 g/mol. The first-order chi connectivity index (χ1) is 15.1. The fraction of sp³-hybridized carbons (Fsp3) is 0.0909. The summed E-state index contributed by atoms with van der Waals surface area (Å²) in [5.74, 6) is -0.425. The van der Waals surface area contributed by atoms with Crippen molar-refractivity contribution in [2.45, 2.75) is 0 Å². The Balaban J connectivity index is 1.48. The number of nitrogens with one attached hydrogen (secondary N) is 2. The molecule has 0 saturated carbocycles. The number of hydrazone groups is 1. The van der Waals surface area contributed by atoms with Crippen molar-refractivity contribution in [2.75, 3.05) is 13.7 Å². The predicted octanol–water partition coefficient (Wildman–Crippen LogP) is 4.16. The van der Waals surface area contributed by atoms with Crippen LogP contribution in [0.3, 0.4) is 0 Å². The Hall–Kier alpha value is -3.98. The van der Waals surface area contributed by atoms with E-state index in [9.17, 15) is 9.90 Å². The molecule has 5 rings (SSSR count). The molecule has 0 bridgehead atoms. The van der Waals surface area contributed by atoms with Crippen LogP contribution in [0.4, 0.5) is 0 Å². The number of nitrogens with zero attached hydrogens (tertiary/aromatic N) is 3. The van der Waals surface area contributed by atoms with Gasteiger partial charge in [0, 0.05) is 16.5 Å². The number of carbonyl (C=O) groups is 1. The molecule has 1 aliphatic heterocycles. The number of aromatic amines is 1. The van der Waals surface area contributed by atoms with Crippen molar-refractivity contribution in [3.05, 3.63) is 70.6 Å². The lowest BCUT2D eigenvalue weighted by Crippen LogP contribution is -2.21. The molecule has 154 valence electrons. The number of carbonyl (C=O) groups excluding carboxylic acids is 1. The van der Waals surface area contributed by atoms with Gasteiger partial charge in [0.25, 0.3) is 0 Å². The van der Waals surface area contributed by atoms with Crippen molar-refractivity contribution in [2.24, 2.45) is 5.10 Å². The Labute approximate surface area is 180 Å². The lowest BCUT2D eigenvalue weighted by atomic mass is 10.1. The number of ether oxygens (including phenoxy) is 1. The number of hydrogen-bond donors (Lipinski definition) is 3. The van der Waals surface area contributed by atoms with Gasteiger partial charge in [-0.05, 0) is 18.2 Å². The third-order valence-electron chi connectivity index (χ3n) is 5.05. The van der Waals surface area contributed by atoms with Gasteiger partial charge in [-0.1, -0.05) is 30.3 Å². The summed E-state index contributed by atoms with van der Waals surface area (Å²) in [6.07, 6.45) is 1.51. The number of H-pyrrole nitrogens is 1. The highest BCUT2D eigenvalue weighted by Gasteiger charge is 2.30.